The van der Waals surface area contributed by atoms with E-state index in [1.165, 1.54) is 4.90 Å². The van der Waals surface area contributed by atoms with E-state index < -0.39 is 18.1 Å². The van der Waals surface area contributed by atoms with Crippen LogP contribution in [0.25, 0.3) is 0 Å². The molecule has 18 heavy (non-hydrogen) atoms. The van der Waals surface area contributed by atoms with Crippen molar-refractivity contribution >= 4 is 11.9 Å². The molecule has 1 rings (SSSR count). The van der Waals surface area contributed by atoms with Gasteiger partial charge in [0.15, 0.2) is 0 Å². The minimum Gasteiger partial charge on any atom is -0.480 e. The lowest BCUT2D eigenvalue weighted by Gasteiger charge is -2.21. The van der Waals surface area contributed by atoms with Gasteiger partial charge in [-0.2, -0.15) is 0 Å². The fourth-order valence-electron chi connectivity index (χ4n) is 2.27. The van der Waals surface area contributed by atoms with Crippen molar-refractivity contribution in [2.24, 2.45) is 11.7 Å². The van der Waals surface area contributed by atoms with Crippen LogP contribution in [-0.2, 0) is 9.59 Å². The molecule has 0 aromatic carbocycles. The molecule has 0 bridgehead atoms. The van der Waals surface area contributed by atoms with Crippen LogP contribution in [0.15, 0.2) is 0 Å². The fraction of sp³-hybridized carbons (Fsp3) is 0.833. The summed E-state index contributed by atoms with van der Waals surface area (Å²) in [7, 11) is 0. The first-order valence-electron chi connectivity index (χ1n) is 6.36. The van der Waals surface area contributed by atoms with Gasteiger partial charge in [0.2, 0.25) is 5.91 Å². The predicted octanol–water partition coefficient (Wildman–Crippen LogP) is -0.202. The number of carboxylic acids is 1. The zero-order valence-corrected chi connectivity index (χ0v) is 10.7. The Labute approximate surface area is 107 Å². The van der Waals surface area contributed by atoms with Crippen molar-refractivity contribution in [2.45, 2.75) is 44.8 Å². The summed E-state index contributed by atoms with van der Waals surface area (Å²) in [5.41, 5.74) is 5.43. The van der Waals surface area contributed by atoms with Crippen molar-refractivity contribution in [3.8, 4) is 0 Å². The van der Waals surface area contributed by atoms with Gasteiger partial charge >= 0.3 is 5.97 Å². The summed E-state index contributed by atoms with van der Waals surface area (Å²) in [6.07, 6.45) is 1.28. The lowest BCUT2D eigenvalue weighted by atomic mass is 10.0. The summed E-state index contributed by atoms with van der Waals surface area (Å²) in [6, 6.07) is -0.877. The van der Waals surface area contributed by atoms with E-state index in [4.69, 9.17) is 10.8 Å². The molecule has 4 N–H and O–H groups in total. The minimum atomic E-state index is -1.05. The lowest BCUT2D eigenvalue weighted by molar-refractivity contribution is -0.148. The van der Waals surface area contributed by atoms with Crippen LogP contribution in [0.2, 0.25) is 0 Å². The molecule has 1 heterocycles. The van der Waals surface area contributed by atoms with E-state index in [0.717, 1.165) is 6.42 Å². The van der Waals surface area contributed by atoms with Crippen LogP contribution in [0.3, 0.4) is 0 Å². The molecule has 1 unspecified atom stereocenters. The first-order chi connectivity index (χ1) is 8.45. The maximum absolute atomic E-state index is 11.9. The Morgan fingerprint density at radius 3 is 2.67 bits per heavy atom. The second-order valence-electron chi connectivity index (χ2n) is 5.01. The Morgan fingerprint density at radius 1 is 1.44 bits per heavy atom. The molecule has 1 amide bonds. The van der Waals surface area contributed by atoms with Crippen LogP contribution in [0.4, 0.5) is 0 Å². The smallest absolute Gasteiger partial charge is 0.326 e. The van der Waals surface area contributed by atoms with Crippen LogP contribution in [0, 0.1) is 5.92 Å². The van der Waals surface area contributed by atoms with Gasteiger partial charge in [-0.25, -0.2) is 4.79 Å². The second kappa shape index (κ2) is 6.70. The first kappa shape index (κ1) is 14.9. The average Bonchev–Trinajstić information content (AvgIpc) is 2.69. The Hall–Kier alpha value is -1.14. The second-order valence-corrected chi connectivity index (χ2v) is 5.01. The molecule has 0 radical (unpaired) electrons. The number of aliphatic hydroxyl groups is 1. The summed E-state index contributed by atoms with van der Waals surface area (Å²) < 4.78 is 0. The maximum Gasteiger partial charge on any atom is 0.326 e. The van der Waals surface area contributed by atoms with E-state index in [-0.39, 0.29) is 18.9 Å². The Bertz CT molecular complexity index is 308. The third-order valence-corrected chi connectivity index (χ3v) is 3.39. The number of likely N-dealkylation sites (tertiary alicyclic amines) is 1. The van der Waals surface area contributed by atoms with E-state index in [0.29, 0.717) is 25.3 Å². The number of rotatable bonds is 6. The highest BCUT2D eigenvalue weighted by molar-refractivity contribution is 5.84. The average molecular weight is 258 g/mol. The molecule has 0 aliphatic carbocycles. The van der Waals surface area contributed by atoms with Crippen LogP contribution < -0.4 is 5.73 Å². The van der Waals surface area contributed by atoms with Gasteiger partial charge in [0.1, 0.15) is 6.04 Å². The van der Waals surface area contributed by atoms with E-state index in [1.807, 2.05) is 6.92 Å². The lowest BCUT2D eigenvalue weighted by Crippen LogP contribution is -2.40. The number of nitrogens with two attached hydrogens (primary N) is 1. The molecule has 0 spiro atoms. The summed E-state index contributed by atoms with van der Waals surface area (Å²) in [6.45, 7) is 2.74. The van der Waals surface area contributed by atoms with E-state index in [2.05, 4.69) is 0 Å². The number of carbonyl (C=O) groups is 2. The zero-order valence-electron chi connectivity index (χ0n) is 10.7. The van der Waals surface area contributed by atoms with Crippen LogP contribution in [0.1, 0.15) is 32.6 Å². The van der Waals surface area contributed by atoms with Gasteiger partial charge in [-0.05, 0) is 25.3 Å². The quantitative estimate of drug-likeness (QED) is 0.612. The molecule has 1 saturated heterocycles. The molecule has 3 atom stereocenters. The molecule has 0 saturated carbocycles. The first-order valence-corrected chi connectivity index (χ1v) is 6.36. The third-order valence-electron chi connectivity index (χ3n) is 3.39. The molecule has 0 aromatic rings. The number of hydrogen-bond acceptors (Lipinski definition) is 4. The Morgan fingerprint density at radius 2 is 2.11 bits per heavy atom. The van der Waals surface area contributed by atoms with Gasteiger partial charge in [0.05, 0.1) is 6.10 Å². The zero-order chi connectivity index (χ0) is 13.7. The van der Waals surface area contributed by atoms with Gasteiger partial charge in [0.25, 0.3) is 0 Å². The maximum atomic E-state index is 11.9. The third kappa shape index (κ3) is 3.96. The predicted molar refractivity (Wildman–Crippen MR) is 65.8 cm³/mol. The molecule has 1 fully saturated rings. The highest BCUT2D eigenvalue weighted by Gasteiger charge is 2.38. The van der Waals surface area contributed by atoms with E-state index >= 15 is 0 Å². The van der Waals surface area contributed by atoms with Crippen LogP contribution in [-0.4, -0.2) is 52.2 Å². The van der Waals surface area contributed by atoms with Crippen molar-refractivity contribution < 1.29 is 19.8 Å². The van der Waals surface area contributed by atoms with Gasteiger partial charge in [0, 0.05) is 19.4 Å². The number of aliphatic hydroxyl groups excluding tert-OH is 1. The summed E-state index contributed by atoms with van der Waals surface area (Å²) in [5, 5.41) is 18.4. The van der Waals surface area contributed by atoms with Gasteiger partial charge in [-0.3, -0.25) is 4.79 Å². The van der Waals surface area contributed by atoms with Gasteiger partial charge < -0.3 is 20.8 Å². The Balaban J connectivity index is 2.47. The van der Waals surface area contributed by atoms with Crippen molar-refractivity contribution in [1.82, 2.24) is 4.90 Å². The molecule has 1 aliphatic heterocycles. The molecule has 6 heteroatoms. The van der Waals surface area contributed by atoms with Gasteiger partial charge in [-0.1, -0.05) is 6.92 Å². The largest absolute Gasteiger partial charge is 0.480 e. The van der Waals surface area contributed by atoms with Crippen LogP contribution >= 0.6 is 0 Å². The fourth-order valence-corrected chi connectivity index (χ4v) is 2.27. The molecule has 104 valence electrons. The van der Waals surface area contributed by atoms with Crippen molar-refractivity contribution in [3.05, 3.63) is 0 Å². The SMILES string of the molecule is CC(CCN)CCC(=O)N1C[C@H](O)C[C@@H]1C(=O)O. The van der Waals surface area contributed by atoms with Crippen molar-refractivity contribution in [3.63, 3.8) is 0 Å². The Kier molecular flexibility index (Phi) is 5.55. The normalized spacial score (nSPS) is 25.2. The van der Waals surface area contributed by atoms with Crippen molar-refractivity contribution in [2.75, 3.05) is 13.1 Å². The molecular weight excluding hydrogens is 236 g/mol. The highest BCUT2D eigenvalue weighted by atomic mass is 16.4. The molecule has 1 aliphatic rings. The van der Waals surface area contributed by atoms with Crippen molar-refractivity contribution in [1.29, 1.82) is 0 Å². The number of carboxylic acid groups (broad SMARTS) is 1. The van der Waals surface area contributed by atoms with E-state index in [9.17, 15) is 14.7 Å². The summed E-state index contributed by atoms with van der Waals surface area (Å²) in [5.74, 6) is -0.882. The molecular formula is C12H22N2O4. The number of amides is 1. The molecule has 6 nitrogen and oxygen atoms in total. The molecule has 0 aromatic heterocycles. The van der Waals surface area contributed by atoms with E-state index in [1.54, 1.807) is 0 Å². The van der Waals surface area contributed by atoms with Crippen LogP contribution in [0.5, 0.6) is 0 Å². The highest BCUT2D eigenvalue weighted by Crippen LogP contribution is 2.20. The van der Waals surface area contributed by atoms with Gasteiger partial charge in [-0.15, -0.1) is 0 Å². The summed E-state index contributed by atoms with van der Waals surface area (Å²) >= 11 is 0. The number of hydrogen-bond donors (Lipinski definition) is 3. The standard InChI is InChI=1S/C12H22N2O4/c1-8(4-5-13)2-3-11(16)14-7-9(15)6-10(14)12(17)18/h8-10,15H,2-7,13H2,1H3,(H,17,18)/t8?,9-,10-/m1/s1. The number of aliphatic carboxylic acids is 1. The summed E-state index contributed by atoms with van der Waals surface area (Å²) in [4.78, 5) is 24.2. The minimum absolute atomic E-state index is 0.124. The number of β-amino-alcohol motifs (C(OH)–C–C–N with tert-alkyl or cyclic N) is 1. The number of nitrogens with zero attached hydrogens (tertiary/aromatic N) is 1. The number of carbonyl (C=O) groups excluding carboxylic acids is 1. The monoisotopic (exact) mass is 258 g/mol. The topological polar surface area (TPSA) is 104 Å².